The van der Waals surface area contributed by atoms with Gasteiger partial charge in [-0.1, -0.05) is 70.2 Å². The van der Waals surface area contributed by atoms with Gasteiger partial charge in [0, 0.05) is 24.7 Å². The Balaban J connectivity index is 1.41. The summed E-state index contributed by atoms with van der Waals surface area (Å²) in [4.78, 5) is 22.3. The standard InChI is InChI=1S/C31H34N6O/c1-22(24-12-10-23(16-32)11-13-24)17-33-19-27(25-8-6-5-7-9-25)30(38)36-29-15-14-26(18-34-29)37-20-28(35-21-37)31(2,3)4/h5-15,18,20-22,27,33H,17,19H2,1-4H3,(H,34,36,38)/t22-,27?/m1/s1. The van der Waals surface area contributed by atoms with Gasteiger partial charge in [0.1, 0.15) is 5.82 Å². The third kappa shape index (κ3) is 6.72. The molecule has 0 radical (unpaired) electrons. The van der Waals surface area contributed by atoms with Gasteiger partial charge >= 0.3 is 0 Å². The Morgan fingerprint density at radius 3 is 2.32 bits per heavy atom. The van der Waals surface area contributed by atoms with Crippen LogP contribution < -0.4 is 10.6 Å². The number of anilines is 1. The Morgan fingerprint density at radius 2 is 1.71 bits per heavy atom. The molecule has 2 aromatic carbocycles. The molecule has 0 fully saturated rings. The predicted octanol–water partition coefficient (Wildman–Crippen LogP) is 5.55. The zero-order valence-electron chi connectivity index (χ0n) is 22.3. The molecule has 0 aliphatic rings. The van der Waals surface area contributed by atoms with Gasteiger partial charge in [0.25, 0.3) is 0 Å². The van der Waals surface area contributed by atoms with Gasteiger partial charge in [0.2, 0.25) is 5.91 Å². The van der Waals surface area contributed by atoms with Crippen molar-refractivity contribution in [3.8, 4) is 11.8 Å². The lowest BCUT2D eigenvalue weighted by Gasteiger charge is -2.20. The number of nitrogens with one attached hydrogen (secondary N) is 2. The highest BCUT2D eigenvalue weighted by atomic mass is 16.2. The minimum absolute atomic E-state index is 0.0348. The largest absolute Gasteiger partial charge is 0.315 e. The van der Waals surface area contributed by atoms with Crippen LogP contribution in [0, 0.1) is 11.3 Å². The third-order valence-corrected chi connectivity index (χ3v) is 6.57. The van der Waals surface area contributed by atoms with Crippen LogP contribution in [0.25, 0.3) is 5.69 Å². The van der Waals surface area contributed by atoms with Crippen molar-refractivity contribution in [1.29, 1.82) is 5.26 Å². The van der Waals surface area contributed by atoms with Crippen LogP contribution >= 0.6 is 0 Å². The summed E-state index contributed by atoms with van der Waals surface area (Å²) in [6.07, 6.45) is 5.52. The number of rotatable bonds is 9. The first-order chi connectivity index (χ1) is 18.2. The van der Waals surface area contributed by atoms with Crippen LogP contribution in [0.3, 0.4) is 0 Å². The molecule has 0 saturated heterocycles. The van der Waals surface area contributed by atoms with Crippen molar-refractivity contribution in [3.05, 3.63) is 108 Å². The van der Waals surface area contributed by atoms with E-state index in [1.807, 2.05) is 77.5 Å². The number of imidazole rings is 1. The molecule has 4 rings (SSSR count). The van der Waals surface area contributed by atoms with Gasteiger partial charge in [-0.25, -0.2) is 9.97 Å². The van der Waals surface area contributed by atoms with E-state index in [0.29, 0.717) is 24.5 Å². The molecule has 2 N–H and O–H groups in total. The molecular formula is C31H34N6O. The molecule has 2 heterocycles. The van der Waals surface area contributed by atoms with E-state index < -0.39 is 0 Å². The average molecular weight is 507 g/mol. The van der Waals surface area contributed by atoms with E-state index in [1.54, 1.807) is 12.5 Å². The summed E-state index contributed by atoms with van der Waals surface area (Å²) in [5.74, 6) is 0.238. The number of carbonyl (C=O) groups excluding carboxylic acids is 1. The number of nitriles is 1. The van der Waals surface area contributed by atoms with Gasteiger partial charge in [0.15, 0.2) is 0 Å². The van der Waals surface area contributed by atoms with Crippen molar-refractivity contribution in [3.63, 3.8) is 0 Å². The summed E-state index contributed by atoms with van der Waals surface area (Å²) in [5, 5.41) is 15.5. The second-order valence-electron chi connectivity index (χ2n) is 10.6. The molecule has 7 nitrogen and oxygen atoms in total. The summed E-state index contributed by atoms with van der Waals surface area (Å²) >= 11 is 0. The molecule has 0 spiro atoms. The number of hydrogen-bond donors (Lipinski definition) is 2. The number of amides is 1. The summed E-state index contributed by atoms with van der Waals surface area (Å²) in [7, 11) is 0. The monoisotopic (exact) mass is 506 g/mol. The van der Waals surface area contributed by atoms with Gasteiger partial charge in [-0.2, -0.15) is 5.26 Å². The van der Waals surface area contributed by atoms with Crippen LogP contribution in [0.1, 0.15) is 61.9 Å². The molecule has 0 aliphatic carbocycles. The summed E-state index contributed by atoms with van der Waals surface area (Å²) in [5.41, 5.74) is 4.58. The quantitative estimate of drug-likeness (QED) is 0.310. The zero-order valence-corrected chi connectivity index (χ0v) is 22.3. The van der Waals surface area contributed by atoms with Gasteiger partial charge in [-0.05, 0) is 41.3 Å². The number of pyridine rings is 1. The molecular weight excluding hydrogens is 472 g/mol. The molecule has 0 aliphatic heterocycles. The number of hydrogen-bond acceptors (Lipinski definition) is 5. The van der Waals surface area contributed by atoms with Crippen molar-refractivity contribution in [1.82, 2.24) is 19.9 Å². The lowest BCUT2D eigenvalue weighted by molar-refractivity contribution is -0.117. The fraction of sp³-hybridized carbons (Fsp3) is 0.290. The van der Waals surface area contributed by atoms with Gasteiger partial charge < -0.3 is 15.2 Å². The molecule has 1 amide bonds. The first-order valence-corrected chi connectivity index (χ1v) is 12.8. The topological polar surface area (TPSA) is 95.6 Å². The zero-order chi connectivity index (χ0) is 27.1. The number of benzene rings is 2. The molecule has 194 valence electrons. The van der Waals surface area contributed by atoms with Crippen LogP contribution in [0.4, 0.5) is 5.82 Å². The van der Waals surface area contributed by atoms with Gasteiger partial charge in [-0.3, -0.25) is 4.79 Å². The normalized spacial score (nSPS) is 12.9. The van der Waals surface area contributed by atoms with E-state index in [0.717, 1.165) is 22.5 Å². The molecule has 0 saturated carbocycles. The Labute approximate surface area is 224 Å². The van der Waals surface area contributed by atoms with E-state index in [2.05, 4.69) is 54.4 Å². The molecule has 1 unspecified atom stereocenters. The van der Waals surface area contributed by atoms with Gasteiger partial charge in [0.05, 0.1) is 41.5 Å². The maximum absolute atomic E-state index is 13.4. The average Bonchev–Trinajstić information content (AvgIpc) is 3.43. The van der Waals surface area contributed by atoms with Crippen LogP contribution in [0.15, 0.2) is 85.5 Å². The molecule has 2 aromatic heterocycles. The lowest BCUT2D eigenvalue weighted by atomic mass is 9.93. The van der Waals surface area contributed by atoms with Crippen molar-refractivity contribution in [2.45, 2.75) is 44.9 Å². The van der Waals surface area contributed by atoms with Crippen LogP contribution in [0.2, 0.25) is 0 Å². The summed E-state index contributed by atoms with van der Waals surface area (Å²) in [6, 6.07) is 23.3. The van der Waals surface area contributed by atoms with Crippen LogP contribution in [0.5, 0.6) is 0 Å². The van der Waals surface area contributed by atoms with E-state index in [9.17, 15) is 4.79 Å². The van der Waals surface area contributed by atoms with E-state index in [1.165, 1.54) is 0 Å². The van der Waals surface area contributed by atoms with Crippen molar-refractivity contribution < 1.29 is 4.79 Å². The van der Waals surface area contributed by atoms with Crippen molar-refractivity contribution >= 4 is 11.7 Å². The maximum atomic E-state index is 13.4. The predicted molar refractivity (Wildman–Crippen MR) is 150 cm³/mol. The third-order valence-electron chi connectivity index (χ3n) is 6.57. The maximum Gasteiger partial charge on any atom is 0.234 e. The highest BCUT2D eigenvalue weighted by Gasteiger charge is 2.22. The smallest absolute Gasteiger partial charge is 0.234 e. The van der Waals surface area contributed by atoms with Crippen LogP contribution in [-0.2, 0) is 10.2 Å². The van der Waals surface area contributed by atoms with E-state index in [4.69, 9.17) is 5.26 Å². The van der Waals surface area contributed by atoms with E-state index >= 15 is 0 Å². The minimum Gasteiger partial charge on any atom is -0.315 e. The Hall–Kier alpha value is -4.28. The first-order valence-electron chi connectivity index (χ1n) is 12.8. The Morgan fingerprint density at radius 1 is 0.974 bits per heavy atom. The number of aromatic nitrogens is 3. The molecule has 4 aromatic rings. The molecule has 0 bridgehead atoms. The van der Waals surface area contributed by atoms with Crippen molar-refractivity contribution in [2.24, 2.45) is 0 Å². The van der Waals surface area contributed by atoms with E-state index in [-0.39, 0.29) is 23.2 Å². The summed E-state index contributed by atoms with van der Waals surface area (Å²) < 4.78 is 1.94. The summed E-state index contributed by atoms with van der Waals surface area (Å²) in [6.45, 7) is 9.70. The lowest BCUT2D eigenvalue weighted by Crippen LogP contribution is -2.32. The highest BCUT2D eigenvalue weighted by Crippen LogP contribution is 2.22. The highest BCUT2D eigenvalue weighted by molar-refractivity contribution is 5.95. The second-order valence-corrected chi connectivity index (χ2v) is 10.6. The first kappa shape index (κ1) is 26.8. The number of nitrogens with zero attached hydrogens (tertiary/aromatic N) is 4. The fourth-order valence-electron chi connectivity index (χ4n) is 4.17. The Kier molecular flexibility index (Phi) is 8.35. The molecule has 38 heavy (non-hydrogen) atoms. The molecule has 2 atom stereocenters. The minimum atomic E-state index is -0.381. The fourth-order valence-corrected chi connectivity index (χ4v) is 4.17. The van der Waals surface area contributed by atoms with Crippen LogP contribution in [-0.4, -0.2) is 33.5 Å². The van der Waals surface area contributed by atoms with Gasteiger partial charge in [-0.15, -0.1) is 0 Å². The SMILES string of the molecule is C[C@H](CNCC(C(=O)Nc1ccc(-n2cnc(C(C)(C)C)c2)cn1)c1ccccc1)c1ccc(C#N)cc1. The molecule has 7 heteroatoms. The number of carbonyl (C=O) groups is 1. The second kappa shape index (κ2) is 11.8. The van der Waals surface area contributed by atoms with Crippen molar-refractivity contribution in [2.75, 3.05) is 18.4 Å². The Bertz CT molecular complexity index is 1380.